The van der Waals surface area contributed by atoms with Crippen molar-refractivity contribution >= 4 is 16.9 Å². The Hall–Kier alpha value is -2.30. The number of carbonyl (C=O) groups is 1. The van der Waals surface area contributed by atoms with Crippen molar-refractivity contribution < 1.29 is 13.9 Å². The summed E-state index contributed by atoms with van der Waals surface area (Å²) >= 11 is 0. The van der Waals surface area contributed by atoms with Crippen molar-refractivity contribution in [1.82, 2.24) is 4.90 Å². The van der Waals surface area contributed by atoms with Gasteiger partial charge in [-0.05, 0) is 69.1 Å². The fourth-order valence-electron chi connectivity index (χ4n) is 4.19. The lowest BCUT2D eigenvalue weighted by Gasteiger charge is -2.36. The number of amides is 1. The largest absolute Gasteiger partial charge is 0.484 e. The Morgan fingerprint density at radius 1 is 1.11 bits per heavy atom. The van der Waals surface area contributed by atoms with Gasteiger partial charge >= 0.3 is 5.63 Å². The second kappa shape index (κ2) is 7.37. The molecule has 144 valence electrons. The fourth-order valence-corrected chi connectivity index (χ4v) is 4.19. The van der Waals surface area contributed by atoms with Crippen LogP contribution in [0.4, 0.5) is 0 Å². The highest BCUT2D eigenvalue weighted by Gasteiger charge is 2.38. The third kappa shape index (κ3) is 4.02. The van der Waals surface area contributed by atoms with E-state index in [1.54, 1.807) is 6.07 Å². The summed E-state index contributed by atoms with van der Waals surface area (Å²) in [5.74, 6) is 1.39. The van der Waals surface area contributed by atoms with E-state index in [0.29, 0.717) is 23.4 Å². The van der Waals surface area contributed by atoms with Crippen LogP contribution in [0.5, 0.6) is 5.75 Å². The predicted molar refractivity (Wildman–Crippen MR) is 104 cm³/mol. The van der Waals surface area contributed by atoms with Crippen molar-refractivity contribution in [1.29, 1.82) is 0 Å². The average Bonchev–Trinajstić information content (AvgIpc) is 3.46. The van der Waals surface area contributed by atoms with Crippen LogP contribution in [0.15, 0.2) is 33.5 Å². The van der Waals surface area contributed by atoms with E-state index in [1.807, 2.05) is 19.1 Å². The molecule has 0 radical (unpaired) electrons. The summed E-state index contributed by atoms with van der Waals surface area (Å²) in [6, 6.07) is 7.63. The van der Waals surface area contributed by atoms with Crippen molar-refractivity contribution in [3.63, 3.8) is 0 Å². The number of ether oxygens (including phenoxy) is 1. The minimum Gasteiger partial charge on any atom is -0.484 e. The Bertz CT molecular complexity index is 891. The summed E-state index contributed by atoms with van der Waals surface area (Å²) in [6.07, 6.45) is 6.82. The Balaban J connectivity index is 1.44. The van der Waals surface area contributed by atoms with E-state index in [0.717, 1.165) is 42.6 Å². The van der Waals surface area contributed by atoms with Crippen LogP contribution in [0.25, 0.3) is 11.0 Å². The van der Waals surface area contributed by atoms with E-state index in [4.69, 9.17) is 9.15 Å². The summed E-state index contributed by atoms with van der Waals surface area (Å²) in [7, 11) is 0. The molecule has 27 heavy (non-hydrogen) atoms. The predicted octanol–water partition coefficient (Wildman–Crippen LogP) is 4.05. The van der Waals surface area contributed by atoms with E-state index in [2.05, 4.69) is 11.8 Å². The van der Waals surface area contributed by atoms with E-state index in [1.165, 1.54) is 18.9 Å². The van der Waals surface area contributed by atoms with Gasteiger partial charge in [0.25, 0.3) is 5.91 Å². The van der Waals surface area contributed by atoms with E-state index >= 15 is 0 Å². The van der Waals surface area contributed by atoms with Gasteiger partial charge in [-0.2, -0.15) is 0 Å². The number of rotatable bonds is 5. The summed E-state index contributed by atoms with van der Waals surface area (Å²) in [4.78, 5) is 26.6. The lowest BCUT2D eigenvalue weighted by molar-refractivity contribution is -0.137. The van der Waals surface area contributed by atoms with Crippen LogP contribution in [0.3, 0.4) is 0 Å². The quantitative estimate of drug-likeness (QED) is 0.746. The number of hydrogen-bond donors (Lipinski definition) is 0. The molecule has 5 heteroatoms. The van der Waals surface area contributed by atoms with Crippen LogP contribution in [0.2, 0.25) is 0 Å². The second-order valence-electron chi connectivity index (χ2n) is 8.14. The maximum absolute atomic E-state index is 12.9. The third-order valence-corrected chi connectivity index (χ3v) is 5.89. The first-order valence-corrected chi connectivity index (χ1v) is 10.00. The molecular formula is C22H27NO4. The second-order valence-corrected chi connectivity index (χ2v) is 8.14. The molecule has 2 aromatic rings. The zero-order valence-corrected chi connectivity index (χ0v) is 16.1. The number of nitrogens with zero attached hydrogens (tertiary/aromatic N) is 1. The highest BCUT2D eigenvalue weighted by atomic mass is 16.5. The molecule has 4 rings (SSSR count). The number of carbonyl (C=O) groups excluding carboxylic acids is 1. The van der Waals surface area contributed by atoms with Crippen molar-refractivity contribution in [2.45, 2.75) is 64.5 Å². The monoisotopic (exact) mass is 369 g/mol. The highest BCUT2D eigenvalue weighted by molar-refractivity contribution is 5.82. The minimum atomic E-state index is -0.375. The standard InChI is InChI=1S/C22H27NO4/c1-14-3-5-16(6-4-14)23(17-7-8-17)21(24)13-26-18-9-10-19-15(2)11-22(25)27-20(19)12-18/h9-12,14,16-17H,3-8,13H2,1-2H3. The summed E-state index contributed by atoms with van der Waals surface area (Å²) in [6.45, 7) is 4.20. The SMILES string of the molecule is Cc1cc(=O)oc2cc(OCC(=O)N(C3CCC(C)CC3)C3CC3)ccc12. The van der Waals surface area contributed by atoms with Crippen LogP contribution in [0.1, 0.15) is 51.0 Å². The molecule has 1 heterocycles. The van der Waals surface area contributed by atoms with Gasteiger partial charge in [0.15, 0.2) is 6.61 Å². The molecule has 2 saturated carbocycles. The lowest BCUT2D eigenvalue weighted by Crippen LogP contribution is -2.45. The maximum Gasteiger partial charge on any atom is 0.336 e. The van der Waals surface area contributed by atoms with Crippen LogP contribution < -0.4 is 10.4 Å². The van der Waals surface area contributed by atoms with E-state index in [9.17, 15) is 9.59 Å². The van der Waals surface area contributed by atoms with Crippen molar-refractivity contribution in [2.24, 2.45) is 5.92 Å². The molecule has 0 atom stereocenters. The van der Waals surface area contributed by atoms with Gasteiger partial charge in [0.1, 0.15) is 11.3 Å². The van der Waals surface area contributed by atoms with Crippen LogP contribution in [-0.2, 0) is 4.79 Å². The summed E-state index contributed by atoms with van der Waals surface area (Å²) < 4.78 is 11.0. The van der Waals surface area contributed by atoms with Gasteiger partial charge in [-0.3, -0.25) is 4.79 Å². The molecule has 0 N–H and O–H groups in total. The highest BCUT2D eigenvalue weighted by Crippen LogP contribution is 2.35. The van der Waals surface area contributed by atoms with Gasteiger partial charge in [-0.25, -0.2) is 4.79 Å². The topological polar surface area (TPSA) is 59.8 Å². The van der Waals surface area contributed by atoms with Crippen LogP contribution in [0, 0.1) is 12.8 Å². The van der Waals surface area contributed by atoms with E-state index in [-0.39, 0.29) is 18.1 Å². The molecule has 2 aliphatic rings. The number of aryl methyl sites for hydroxylation is 1. The smallest absolute Gasteiger partial charge is 0.336 e. The number of benzene rings is 1. The van der Waals surface area contributed by atoms with Gasteiger partial charge in [0.2, 0.25) is 0 Å². The average molecular weight is 369 g/mol. The van der Waals surface area contributed by atoms with Gasteiger partial charge in [0, 0.05) is 29.6 Å². The molecule has 5 nitrogen and oxygen atoms in total. The molecular weight excluding hydrogens is 342 g/mol. The van der Waals surface area contributed by atoms with Crippen molar-refractivity contribution in [3.8, 4) is 5.75 Å². The molecule has 0 unspecified atom stereocenters. The zero-order chi connectivity index (χ0) is 19.0. The van der Waals surface area contributed by atoms with Gasteiger partial charge in [0.05, 0.1) is 0 Å². The minimum absolute atomic E-state index is 0.0319. The summed E-state index contributed by atoms with van der Waals surface area (Å²) in [5, 5.41) is 0.879. The molecule has 0 saturated heterocycles. The molecule has 0 aliphatic heterocycles. The molecule has 2 aliphatic carbocycles. The molecule has 1 aromatic carbocycles. The van der Waals surface area contributed by atoms with Crippen LogP contribution >= 0.6 is 0 Å². The first kappa shape index (κ1) is 18.1. The Morgan fingerprint density at radius 2 is 1.78 bits per heavy atom. The normalized spacial score (nSPS) is 22.6. The third-order valence-electron chi connectivity index (χ3n) is 5.89. The first-order chi connectivity index (χ1) is 13.0. The molecule has 2 fully saturated rings. The molecule has 0 bridgehead atoms. The number of hydrogen-bond acceptors (Lipinski definition) is 4. The Morgan fingerprint density at radius 3 is 2.44 bits per heavy atom. The molecule has 0 spiro atoms. The summed E-state index contributed by atoms with van der Waals surface area (Å²) in [5.41, 5.74) is 0.986. The van der Waals surface area contributed by atoms with Crippen molar-refractivity contribution in [3.05, 3.63) is 40.2 Å². The molecule has 1 amide bonds. The lowest BCUT2D eigenvalue weighted by atomic mass is 9.86. The maximum atomic E-state index is 12.9. The first-order valence-electron chi connectivity index (χ1n) is 10.00. The van der Waals surface area contributed by atoms with E-state index < -0.39 is 0 Å². The number of fused-ring (bicyclic) bond motifs is 1. The molecule has 1 aromatic heterocycles. The fraction of sp³-hybridized carbons (Fsp3) is 0.545. The Labute approximate surface area is 159 Å². The van der Waals surface area contributed by atoms with Crippen molar-refractivity contribution in [2.75, 3.05) is 6.61 Å². The zero-order valence-electron chi connectivity index (χ0n) is 16.1. The Kier molecular flexibility index (Phi) is 4.94. The van der Waals surface area contributed by atoms with Gasteiger partial charge in [-0.1, -0.05) is 6.92 Å². The van der Waals surface area contributed by atoms with Crippen LogP contribution in [-0.4, -0.2) is 29.5 Å². The van der Waals surface area contributed by atoms with Gasteiger partial charge in [-0.15, -0.1) is 0 Å². The van der Waals surface area contributed by atoms with Gasteiger partial charge < -0.3 is 14.1 Å².